The Bertz CT molecular complexity index is 2260. The molecule has 0 amide bonds. The first kappa shape index (κ1) is 23.8. The summed E-state index contributed by atoms with van der Waals surface area (Å²) in [7, 11) is 0. The predicted molar refractivity (Wildman–Crippen MR) is 175 cm³/mol. The standard InChI is InChI=1S/C39H30N2/c1-25-13-17-31(18-14-25)41-38-20-16-29(24-34(38)35-22-26(2)21-27(3)39(35)41)28-15-19-37-33(23-28)32-11-7-8-12-36(32)40(37)30-9-5-4-6-10-30/h4-24H,1-3H3. The molecule has 0 aliphatic rings. The van der Waals surface area contributed by atoms with Gasteiger partial charge in [-0.2, -0.15) is 0 Å². The number of aromatic nitrogens is 2. The summed E-state index contributed by atoms with van der Waals surface area (Å²) in [5.41, 5.74) is 13.7. The molecule has 196 valence electrons. The van der Waals surface area contributed by atoms with Gasteiger partial charge in [0.1, 0.15) is 0 Å². The first-order chi connectivity index (χ1) is 20.1. The van der Waals surface area contributed by atoms with E-state index in [1.54, 1.807) is 0 Å². The highest BCUT2D eigenvalue weighted by Crippen LogP contribution is 2.39. The summed E-state index contributed by atoms with van der Waals surface area (Å²) in [5, 5.41) is 5.14. The monoisotopic (exact) mass is 526 g/mol. The van der Waals surface area contributed by atoms with Crippen LogP contribution in [0, 0.1) is 20.8 Å². The zero-order valence-electron chi connectivity index (χ0n) is 23.5. The van der Waals surface area contributed by atoms with Gasteiger partial charge in [0, 0.05) is 32.9 Å². The molecular formula is C39H30N2. The second kappa shape index (κ2) is 8.97. The number of aryl methyl sites for hydroxylation is 3. The van der Waals surface area contributed by atoms with Crippen molar-refractivity contribution in [2.45, 2.75) is 20.8 Å². The van der Waals surface area contributed by atoms with Gasteiger partial charge in [-0.15, -0.1) is 0 Å². The summed E-state index contributed by atoms with van der Waals surface area (Å²) in [6.45, 7) is 6.57. The molecule has 8 aromatic rings. The number of hydrogen-bond acceptors (Lipinski definition) is 0. The van der Waals surface area contributed by atoms with E-state index in [2.05, 4.69) is 157 Å². The minimum absolute atomic E-state index is 1.18. The maximum atomic E-state index is 2.43. The Balaban J connectivity index is 1.38. The van der Waals surface area contributed by atoms with Crippen LogP contribution in [0.25, 0.3) is 66.1 Å². The average molecular weight is 527 g/mol. The van der Waals surface area contributed by atoms with E-state index in [1.165, 1.54) is 82.8 Å². The van der Waals surface area contributed by atoms with E-state index in [0.717, 1.165) is 0 Å². The summed E-state index contributed by atoms with van der Waals surface area (Å²) in [4.78, 5) is 0. The Kier molecular flexibility index (Phi) is 5.20. The quantitative estimate of drug-likeness (QED) is 0.217. The van der Waals surface area contributed by atoms with Gasteiger partial charge in [-0.05, 0) is 98.1 Å². The zero-order chi connectivity index (χ0) is 27.7. The van der Waals surface area contributed by atoms with Crippen LogP contribution in [0.4, 0.5) is 0 Å². The molecule has 2 heterocycles. The third-order valence-electron chi connectivity index (χ3n) is 8.51. The van der Waals surface area contributed by atoms with Gasteiger partial charge in [-0.1, -0.05) is 77.9 Å². The molecule has 0 aliphatic heterocycles. The van der Waals surface area contributed by atoms with Crippen molar-refractivity contribution in [2.75, 3.05) is 0 Å². The van der Waals surface area contributed by atoms with Gasteiger partial charge < -0.3 is 9.13 Å². The summed E-state index contributed by atoms with van der Waals surface area (Å²) in [6.07, 6.45) is 0. The fraction of sp³-hybridized carbons (Fsp3) is 0.0769. The molecule has 0 aliphatic carbocycles. The van der Waals surface area contributed by atoms with Crippen molar-refractivity contribution in [2.24, 2.45) is 0 Å². The molecule has 41 heavy (non-hydrogen) atoms. The van der Waals surface area contributed by atoms with Gasteiger partial charge >= 0.3 is 0 Å². The number of fused-ring (bicyclic) bond motifs is 6. The van der Waals surface area contributed by atoms with Crippen molar-refractivity contribution in [3.05, 3.63) is 144 Å². The maximum Gasteiger partial charge on any atom is 0.0570 e. The summed E-state index contributed by atoms with van der Waals surface area (Å²) in [5.74, 6) is 0. The van der Waals surface area contributed by atoms with Crippen LogP contribution in [0.15, 0.2) is 127 Å². The minimum Gasteiger partial charge on any atom is -0.309 e. The largest absolute Gasteiger partial charge is 0.309 e. The molecular weight excluding hydrogens is 496 g/mol. The summed E-state index contributed by atoms with van der Waals surface area (Å²) >= 11 is 0. The second-order valence-corrected chi connectivity index (χ2v) is 11.3. The first-order valence-corrected chi connectivity index (χ1v) is 14.3. The third-order valence-corrected chi connectivity index (χ3v) is 8.51. The van der Waals surface area contributed by atoms with Gasteiger partial charge in [-0.3, -0.25) is 0 Å². The number of rotatable bonds is 3. The van der Waals surface area contributed by atoms with Crippen LogP contribution >= 0.6 is 0 Å². The third kappa shape index (κ3) is 3.64. The van der Waals surface area contributed by atoms with Crippen LogP contribution in [0.5, 0.6) is 0 Å². The van der Waals surface area contributed by atoms with Gasteiger partial charge in [0.2, 0.25) is 0 Å². The molecule has 0 spiro atoms. The van der Waals surface area contributed by atoms with Gasteiger partial charge in [0.25, 0.3) is 0 Å². The van der Waals surface area contributed by atoms with Gasteiger partial charge in [-0.25, -0.2) is 0 Å². The van der Waals surface area contributed by atoms with Crippen LogP contribution in [-0.4, -0.2) is 9.13 Å². The molecule has 2 aromatic heterocycles. The van der Waals surface area contributed by atoms with E-state index in [1.807, 2.05) is 0 Å². The first-order valence-electron chi connectivity index (χ1n) is 14.3. The number of nitrogens with zero attached hydrogens (tertiary/aromatic N) is 2. The van der Waals surface area contributed by atoms with Crippen molar-refractivity contribution in [1.82, 2.24) is 9.13 Å². The molecule has 0 atom stereocenters. The highest BCUT2D eigenvalue weighted by Gasteiger charge is 2.17. The van der Waals surface area contributed by atoms with E-state index < -0.39 is 0 Å². The Hall–Kier alpha value is -5.08. The van der Waals surface area contributed by atoms with Gasteiger partial charge in [0.15, 0.2) is 0 Å². The average Bonchev–Trinajstić information content (AvgIpc) is 3.50. The molecule has 0 saturated heterocycles. The normalized spacial score (nSPS) is 11.8. The van der Waals surface area contributed by atoms with E-state index in [0.29, 0.717) is 0 Å². The van der Waals surface area contributed by atoms with Crippen molar-refractivity contribution in [1.29, 1.82) is 0 Å². The maximum absolute atomic E-state index is 2.43. The molecule has 6 aromatic carbocycles. The highest BCUT2D eigenvalue weighted by atomic mass is 15.0. The smallest absolute Gasteiger partial charge is 0.0570 e. The van der Waals surface area contributed by atoms with Crippen molar-refractivity contribution in [3.63, 3.8) is 0 Å². The molecule has 0 unspecified atom stereocenters. The number of hydrogen-bond donors (Lipinski definition) is 0. The number of benzene rings is 6. The predicted octanol–water partition coefficient (Wildman–Crippen LogP) is 10.5. The molecule has 2 nitrogen and oxygen atoms in total. The van der Waals surface area contributed by atoms with Crippen LogP contribution < -0.4 is 0 Å². The van der Waals surface area contributed by atoms with E-state index in [9.17, 15) is 0 Å². The lowest BCUT2D eigenvalue weighted by Gasteiger charge is -2.11. The fourth-order valence-electron chi connectivity index (χ4n) is 6.68. The van der Waals surface area contributed by atoms with E-state index in [4.69, 9.17) is 0 Å². The molecule has 0 bridgehead atoms. The lowest BCUT2D eigenvalue weighted by molar-refractivity contribution is 1.16. The molecule has 2 heteroatoms. The number of para-hydroxylation sites is 2. The van der Waals surface area contributed by atoms with Crippen LogP contribution in [-0.2, 0) is 0 Å². The Morgan fingerprint density at radius 2 is 0.976 bits per heavy atom. The summed E-state index contributed by atoms with van der Waals surface area (Å²) in [6, 6.07) is 46.8. The molecule has 0 fully saturated rings. The lowest BCUT2D eigenvalue weighted by atomic mass is 10.00. The van der Waals surface area contributed by atoms with E-state index in [-0.39, 0.29) is 0 Å². The van der Waals surface area contributed by atoms with Crippen molar-refractivity contribution < 1.29 is 0 Å². The minimum atomic E-state index is 1.18. The Labute approximate surface area is 239 Å². The van der Waals surface area contributed by atoms with Crippen LogP contribution in [0.1, 0.15) is 16.7 Å². The van der Waals surface area contributed by atoms with Gasteiger partial charge in [0.05, 0.1) is 22.1 Å². The second-order valence-electron chi connectivity index (χ2n) is 11.3. The van der Waals surface area contributed by atoms with Crippen LogP contribution in [0.3, 0.4) is 0 Å². The molecule has 0 saturated carbocycles. The Morgan fingerprint density at radius 1 is 0.390 bits per heavy atom. The van der Waals surface area contributed by atoms with E-state index >= 15 is 0 Å². The highest BCUT2D eigenvalue weighted by molar-refractivity contribution is 6.13. The summed E-state index contributed by atoms with van der Waals surface area (Å²) < 4.78 is 4.80. The lowest BCUT2D eigenvalue weighted by Crippen LogP contribution is -1.95. The zero-order valence-corrected chi connectivity index (χ0v) is 23.5. The van der Waals surface area contributed by atoms with Crippen molar-refractivity contribution >= 4 is 43.6 Å². The molecule has 0 radical (unpaired) electrons. The Morgan fingerprint density at radius 3 is 1.71 bits per heavy atom. The fourth-order valence-corrected chi connectivity index (χ4v) is 6.68. The SMILES string of the molecule is Cc1ccc(-n2c3ccc(-c4ccc5c(c4)c4ccccc4n5-c4ccccc4)cc3c3cc(C)cc(C)c32)cc1. The van der Waals surface area contributed by atoms with Crippen molar-refractivity contribution in [3.8, 4) is 22.5 Å². The topological polar surface area (TPSA) is 9.86 Å². The molecule has 0 N–H and O–H groups in total. The van der Waals surface area contributed by atoms with Crippen LogP contribution in [0.2, 0.25) is 0 Å². The molecule has 8 rings (SSSR count).